The summed E-state index contributed by atoms with van der Waals surface area (Å²) in [4.78, 5) is 2.59. The van der Waals surface area contributed by atoms with Crippen LogP contribution in [0.4, 0.5) is 0 Å². The van der Waals surface area contributed by atoms with Gasteiger partial charge in [-0.3, -0.25) is 4.90 Å². The summed E-state index contributed by atoms with van der Waals surface area (Å²) in [7, 11) is 0. The lowest BCUT2D eigenvalue weighted by Crippen LogP contribution is -2.52. The van der Waals surface area contributed by atoms with Crippen LogP contribution in [0.5, 0.6) is 0 Å². The fraction of sp³-hybridized carbons (Fsp3) is 1.00. The molecule has 0 aromatic heterocycles. The maximum Gasteiger partial charge on any atom is 0.0195 e. The molecule has 0 aromatic rings. The van der Waals surface area contributed by atoms with Crippen molar-refractivity contribution in [3.63, 3.8) is 0 Å². The van der Waals surface area contributed by atoms with Crippen molar-refractivity contribution in [2.24, 2.45) is 0 Å². The fourth-order valence-electron chi connectivity index (χ4n) is 2.40. The molecule has 2 saturated heterocycles. The molecular weight excluding hydrogens is 162 g/mol. The van der Waals surface area contributed by atoms with Gasteiger partial charge >= 0.3 is 0 Å². The van der Waals surface area contributed by atoms with Gasteiger partial charge in [-0.25, -0.2) is 0 Å². The Morgan fingerprint density at radius 1 is 1.31 bits per heavy atom. The average molecular weight is 183 g/mol. The molecule has 0 aliphatic carbocycles. The summed E-state index contributed by atoms with van der Waals surface area (Å²) < 4.78 is 0. The van der Waals surface area contributed by atoms with Crippen LogP contribution >= 0.6 is 0 Å². The van der Waals surface area contributed by atoms with Gasteiger partial charge in [0.15, 0.2) is 0 Å². The highest BCUT2D eigenvalue weighted by molar-refractivity contribution is 4.82. The molecule has 2 atom stereocenters. The van der Waals surface area contributed by atoms with E-state index in [-0.39, 0.29) is 0 Å². The summed E-state index contributed by atoms with van der Waals surface area (Å²) >= 11 is 0. The molecule has 0 bridgehead atoms. The smallest absolute Gasteiger partial charge is 0.0195 e. The summed E-state index contributed by atoms with van der Waals surface area (Å²) in [6.07, 6.45) is 2.74. The normalized spacial score (nSPS) is 36.7. The number of nitrogens with one attached hydrogen (secondary N) is 2. The lowest BCUT2D eigenvalue weighted by molar-refractivity contribution is 0.192. The Kier molecular flexibility index (Phi) is 3.19. The zero-order chi connectivity index (χ0) is 9.10. The molecule has 0 amide bonds. The van der Waals surface area contributed by atoms with Gasteiger partial charge in [0.25, 0.3) is 0 Å². The highest BCUT2D eigenvalue weighted by Gasteiger charge is 2.21. The molecule has 3 nitrogen and oxygen atoms in total. The van der Waals surface area contributed by atoms with E-state index in [2.05, 4.69) is 22.5 Å². The van der Waals surface area contributed by atoms with Crippen LogP contribution in [0.25, 0.3) is 0 Å². The van der Waals surface area contributed by atoms with E-state index < -0.39 is 0 Å². The van der Waals surface area contributed by atoms with Crippen molar-refractivity contribution in [1.29, 1.82) is 0 Å². The zero-order valence-corrected chi connectivity index (χ0v) is 8.55. The third-order valence-electron chi connectivity index (χ3n) is 3.09. The fourth-order valence-corrected chi connectivity index (χ4v) is 2.40. The lowest BCUT2D eigenvalue weighted by Gasteiger charge is -2.33. The highest BCUT2D eigenvalue weighted by atomic mass is 15.2. The molecule has 2 heterocycles. The van der Waals surface area contributed by atoms with Crippen molar-refractivity contribution >= 4 is 0 Å². The van der Waals surface area contributed by atoms with E-state index in [0.717, 1.165) is 12.6 Å². The van der Waals surface area contributed by atoms with Crippen LogP contribution < -0.4 is 10.6 Å². The van der Waals surface area contributed by atoms with Crippen LogP contribution in [-0.2, 0) is 0 Å². The molecule has 0 radical (unpaired) electrons. The van der Waals surface area contributed by atoms with Crippen LogP contribution in [-0.4, -0.2) is 49.7 Å². The first-order valence-electron chi connectivity index (χ1n) is 5.54. The summed E-state index contributed by atoms with van der Waals surface area (Å²) in [5.74, 6) is 0. The summed E-state index contributed by atoms with van der Waals surface area (Å²) in [6.45, 7) is 8.36. The number of hydrogen-bond donors (Lipinski definition) is 2. The Balaban J connectivity index is 1.73. The van der Waals surface area contributed by atoms with Crippen LogP contribution in [0.3, 0.4) is 0 Å². The number of rotatable bonds is 2. The van der Waals surface area contributed by atoms with Crippen LogP contribution in [0.2, 0.25) is 0 Å². The van der Waals surface area contributed by atoms with Crippen molar-refractivity contribution in [2.45, 2.75) is 31.8 Å². The molecule has 2 aliphatic rings. The Morgan fingerprint density at radius 3 is 2.92 bits per heavy atom. The van der Waals surface area contributed by atoms with Gasteiger partial charge in [0.2, 0.25) is 0 Å². The predicted molar refractivity (Wildman–Crippen MR) is 54.9 cm³/mol. The number of piperazine rings is 1. The molecular formula is C10H21N3. The molecule has 0 aromatic carbocycles. The molecule has 0 saturated carbocycles. The predicted octanol–water partition coefficient (Wildman–Crippen LogP) is 0.0321. The Hall–Kier alpha value is -0.120. The summed E-state index contributed by atoms with van der Waals surface area (Å²) in [5, 5.41) is 7.03. The molecule has 0 spiro atoms. The van der Waals surface area contributed by atoms with Crippen LogP contribution in [0.1, 0.15) is 19.8 Å². The van der Waals surface area contributed by atoms with Gasteiger partial charge < -0.3 is 10.6 Å². The number of hydrogen-bond acceptors (Lipinski definition) is 3. The largest absolute Gasteiger partial charge is 0.313 e. The third-order valence-corrected chi connectivity index (χ3v) is 3.09. The van der Waals surface area contributed by atoms with Gasteiger partial charge in [-0.2, -0.15) is 0 Å². The van der Waals surface area contributed by atoms with Gasteiger partial charge in [0.05, 0.1) is 0 Å². The van der Waals surface area contributed by atoms with E-state index >= 15 is 0 Å². The Labute approximate surface area is 80.9 Å². The molecule has 2 rings (SSSR count). The first-order chi connectivity index (χ1) is 6.34. The maximum atomic E-state index is 3.56. The van der Waals surface area contributed by atoms with E-state index in [1.54, 1.807) is 0 Å². The SMILES string of the molecule is CC1CN(CC2CCCN2)CCN1. The molecule has 2 N–H and O–H groups in total. The van der Waals surface area contributed by atoms with Crippen LogP contribution in [0, 0.1) is 0 Å². The monoisotopic (exact) mass is 183 g/mol. The summed E-state index contributed by atoms with van der Waals surface area (Å²) in [6, 6.07) is 1.44. The van der Waals surface area contributed by atoms with Crippen molar-refractivity contribution < 1.29 is 0 Å². The van der Waals surface area contributed by atoms with E-state index in [4.69, 9.17) is 0 Å². The van der Waals surface area contributed by atoms with Crippen molar-refractivity contribution in [1.82, 2.24) is 15.5 Å². The van der Waals surface area contributed by atoms with Crippen molar-refractivity contribution in [3.05, 3.63) is 0 Å². The first-order valence-corrected chi connectivity index (χ1v) is 5.54. The molecule has 13 heavy (non-hydrogen) atoms. The molecule has 3 heteroatoms. The van der Waals surface area contributed by atoms with Gasteiger partial charge in [-0.05, 0) is 26.3 Å². The van der Waals surface area contributed by atoms with Crippen molar-refractivity contribution in [3.8, 4) is 0 Å². The van der Waals surface area contributed by atoms with Gasteiger partial charge in [-0.1, -0.05) is 0 Å². The highest BCUT2D eigenvalue weighted by Crippen LogP contribution is 2.08. The second-order valence-corrected chi connectivity index (χ2v) is 4.41. The van der Waals surface area contributed by atoms with Crippen molar-refractivity contribution in [2.75, 3.05) is 32.7 Å². The molecule has 2 aliphatic heterocycles. The topological polar surface area (TPSA) is 27.3 Å². The van der Waals surface area contributed by atoms with E-state index in [9.17, 15) is 0 Å². The van der Waals surface area contributed by atoms with E-state index in [1.807, 2.05) is 0 Å². The zero-order valence-electron chi connectivity index (χ0n) is 8.55. The van der Waals surface area contributed by atoms with Gasteiger partial charge in [-0.15, -0.1) is 0 Å². The van der Waals surface area contributed by atoms with Gasteiger partial charge in [0.1, 0.15) is 0 Å². The minimum Gasteiger partial charge on any atom is -0.313 e. The lowest BCUT2D eigenvalue weighted by atomic mass is 10.2. The average Bonchev–Trinajstić information content (AvgIpc) is 2.57. The molecule has 76 valence electrons. The van der Waals surface area contributed by atoms with Crippen LogP contribution in [0.15, 0.2) is 0 Å². The second kappa shape index (κ2) is 4.40. The third kappa shape index (κ3) is 2.66. The first kappa shape index (κ1) is 9.44. The van der Waals surface area contributed by atoms with E-state index in [0.29, 0.717) is 6.04 Å². The molecule has 2 fully saturated rings. The quantitative estimate of drug-likeness (QED) is 0.632. The summed E-state index contributed by atoms with van der Waals surface area (Å²) in [5.41, 5.74) is 0. The minimum atomic E-state index is 0.676. The van der Waals surface area contributed by atoms with Gasteiger partial charge in [0, 0.05) is 38.3 Å². The Morgan fingerprint density at radius 2 is 2.23 bits per heavy atom. The maximum absolute atomic E-state index is 3.56. The van der Waals surface area contributed by atoms with E-state index in [1.165, 1.54) is 39.0 Å². The Bertz CT molecular complexity index is 154. The molecule has 2 unspecified atom stereocenters. The number of nitrogens with zero attached hydrogens (tertiary/aromatic N) is 1. The minimum absolute atomic E-state index is 0.676. The standard InChI is InChI=1S/C10H21N3/c1-9-7-13(6-5-11-9)8-10-3-2-4-12-10/h9-12H,2-8H2,1H3. The second-order valence-electron chi connectivity index (χ2n) is 4.41.